The average Bonchev–Trinajstić information content (AvgIpc) is 3.15. The van der Waals surface area contributed by atoms with Crippen molar-refractivity contribution >= 4 is 11.8 Å². The van der Waals surface area contributed by atoms with E-state index in [0.29, 0.717) is 17.1 Å². The number of anilines is 1. The number of aromatic nitrogens is 2. The number of nitrogens with zero attached hydrogens (tertiary/aromatic N) is 2. The molecule has 29 heavy (non-hydrogen) atoms. The lowest BCUT2D eigenvalue weighted by Crippen LogP contribution is -2.14. The molecule has 0 unspecified atom stereocenters. The fraction of sp³-hybridized carbons (Fsp3) is 0.0870. The Morgan fingerprint density at radius 1 is 1.07 bits per heavy atom. The minimum absolute atomic E-state index is 0.0139. The van der Waals surface area contributed by atoms with E-state index in [2.05, 4.69) is 15.3 Å². The zero-order valence-corrected chi connectivity index (χ0v) is 15.8. The molecule has 0 saturated carbocycles. The lowest BCUT2D eigenvalue weighted by atomic mass is 10.1. The highest BCUT2D eigenvalue weighted by atomic mass is 16.4. The third kappa shape index (κ3) is 4.16. The summed E-state index contributed by atoms with van der Waals surface area (Å²) in [6.07, 6.45) is 3.34. The highest BCUT2D eigenvalue weighted by Crippen LogP contribution is 2.32. The molecule has 2 aromatic heterocycles. The van der Waals surface area contributed by atoms with Crippen LogP contribution in [0.3, 0.4) is 0 Å². The van der Waals surface area contributed by atoms with Gasteiger partial charge in [0.15, 0.2) is 0 Å². The zero-order valence-electron chi connectivity index (χ0n) is 15.8. The molecule has 144 valence electrons. The lowest BCUT2D eigenvalue weighted by Gasteiger charge is -2.06. The number of carbonyl (C=O) groups is 1. The summed E-state index contributed by atoms with van der Waals surface area (Å²) in [5.41, 5.74) is 3.49. The van der Waals surface area contributed by atoms with Crippen molar-refractivity contribution in [2.24, 2.45) is 0 Å². The van der Waals surface area contributed by atoms with Crippen LogP contribution in [-0.4, -0.2) is 21.0 Å². The lowest BCUT2D eigenvalue weighted by molar-refractivity contribution is -0.115. The first-order valence-corrected chi connectivity index (χ1v) is 9.15. The van der Waals surface area contributed by atoms with Gasteiger partial charge in [-0.15, -0.1) is 0 Å². The minimum Gasteiger partial charge on any atom is -0.508 e. The minimum atomic E-state index is -0.315. The molecule has 2 N–H and O–H groups in total. The maximum Gasteiger partial charge on any atom is 0.231 e. The van der Waals surface area contributed by atoms with Crippen molar-refractivity contribution in [2.75, 3.05) is 5.32 Å². The summed E-state index contributed by atoms with van der Waals surface area (Å²) in [6, 6.07) is 18.3. The number of phenolic OH excluding ortho intramolecular Hbond substituents is 1. The Hall–Kier alpha value is -3.93. The Morgan fingerprint density at radius 2 is 1.86 bits per heavy atom. The number of aryl methyl sites for hydroxylation is 1. The second-order valence-corrected chi connectivity index (χ2v) is 6.66. The van der Waals surface area contributed by atoms with E-state index in [9.17, 15) is 9.90 Å². The molecule has 0 fully saturated rings. The smallest absolute Gasteiger partial charge is 0.231 e. The van der Waals surface area contributed by atoms with Crippen LogP contribution < -0.4 is 5.32 Å². The molecule has 0 bridgehead atoms. The fourth-order valence-electron chi connectivity index (χ4n) is 2.97. The first-order chi connectivity index (χ1) is 14.1. The van der Waals surface area contributed by atoms with Gasteiger partial charge in [-0.3, -0.25) is 15.1 Å². The Bertz CT molecular complexity index is 1140. The molecule has 2 heterocycles. The van der Waals surface area contributed by atoms with E-state index >= 15 is 0 Å². The molecule has 4 aromatic rings. The number of aromatic hydroxyl groups is 1. The van der Waals surface area contributed by atoms with Crippen molar-refractivity contribution in [3.63, 3.8) is 0 Å². The van der Waals surface area contributed by atoms with Gasteiger partial charge in [-0.05, 0) is 42.8 Å². The second kappa shape index (κ2) is 7.98. The topological polar surface area (TPSA) is 88.3 Å². The van der Waals surface area contributed by atoms with Crippen LogP contribution in [0.1, 0.15) is 11.1 Å². The molecule has 0 spiro atoms. The van der Waals surface area contributed by atoms with E-state index in [0.717, 1.165) is 16.7 Å². The van der Waals surface area contributed by atoms with Gasteiger partial charge in [0.1, 0.15) is 11.4 Å². The number of benzene rings is 2. The van der Waals surface area contributed by atoms with Gasteiger partial charge < -0.3 is 9.52 Å². The molecule has 1 amide bonds. The molecule has 0 aliphatic carbocycles. The van der Waals surface area contributed by atoms with Crippen LogP contribution in [0.5, 0.6) is 5.75 Å². The molecule has 0 aliphatic heterocycles. The van der Waals surface area contributed by atoms with Crippen LogP contribution in [0.25, 0.3) is 22.7 Å². The molecule has 6 heteroatoms. The average molecular weight is 385 g/mol. The van der Waals surface area contributed by atoms with E-state index in [1.807, 2.05) is 49.4 Å². The van der Waals surface area contributed by atoms with Gasteiger partial charge in [0.25, 0.3) is 0 Å². The van der Waals surface area contributed by atoms with Crippen molar-refractivity contribution in [3.05, 3.63) is 84.2 Å². The zero-order chi connectivity index (χ0) is 20.2. The number of hydrogen-bond acceptors (Lipinski definition) is 5. The summed E-state index contributed by atoms with van der Waals surface area (Å²) in [5.74, 6) is 0.423. The van der Waals surface area contributed by atoms with Crippen molar-refractivity contribution in [1.29, 1.82) is 0 Å². The van der Waals surface area contributed by atoms with Gasteiger partial charge in [-0.25, -0.2) is 4.98 Å². The first kappa shape index (κ1) is 18.4. The van der Waals surface area contributed by atoms with E-state index < -0.39 is 0 Å². The van der Waals surface area contributed by atoms with Gasteiger partial charge in [0.05, 0.1) is 6.42 Å². The van der Waals surface area contributed by atoms with Gasteiger partial charge in [0.2, 0.25) is 17.7 Å². The first-order valence-electron chi connectivity index (χ1n) is 9.15. The normalized spacial score (nSPS) is 10.7. The number of amides is 1. The Morgan fingerprint density at radius 3 is 2.59 bits per heavy atom. The number of rotatable bonds is 5. The molecule has 0 aliphatic rings. The van der Waals surface area contributed by atoms with Crippen molar-refractivity contribution in [1.82, 2.24) is 9.97 Å². The monoisotopic (exact) mass is 385 g/mol. The summed E-state index contributed by atoms with van der Waals surface area (Å²) in [5, 5.41) is 12.9. The van der Waals surface area contributed by atoms with Crippen LogP contribution in [0.4, 0.5) is 5.88 Å². The molecule has 0 atom stereocenters. The van der Waals surface area contributed by atoms with Crippen LogP contribution in [-0.2, 0) is 11.2 Å². The molecule has 4 rings (SSSR count). The Kier molecular flexibility index (Phi) is 5.07. The fourth-order valence-corrected chi connectivity index (χ4v) is 2.97. The van der Waals surface area contributed by atoms with Crippen LogP contribution in [0.15, 0.2) is 77.5 Å². The maximum absolute atomic E-state index is 12.6. The van der Waals surface area contributed by atoms with Crippen LogP contribution in [0, 0.1) is 6.92 Å². The third-order valence-corrected chi connectivity index (χ3v) is 4.43. The number of carbonyl (C=O) groups excluding carboxylic acids is 1. The predicted molar refractivity (Wildman–Crippen MR) is 110 cm³/mol. The van der Waals surface area contributed by atoms with Crippen LogP contribution in [0.2, 0.25) is 0 Å². The van der Waals surface area contributed by atoms with E-state index in [-0.39, 0.29) is 24.0 Å². The second-order valence-electron chi connectivity index (χ2n) is 6.66. The van der Waals surface area contributed by atoms with Crippen LogP contribution >= 0.6 is 0 Å². The molecule has 0 radical (unpaired) electrons. The standard InChI is InChI=1S/C23H19N3O3/c1-15-9-10-17(19(27)12-15)13-20(28)25-23-21(18-8-5-11-24-14-18)26-22(29-23)16-6-3-2-4-7-16/h2-12,14,27H,13H2,1H3,(H,25,28). The summed E-state index contributed by atoms with van der Waals surface area (Å²) in [7, 11) is 0. The van der Waals surface area contributed by atoms with Gasteiger partial charge >= 0.3 is 0 Å². The number of hydrogen-bond donors (Lipinski definition) is 2. The largest absolute Gasteiger partial charge is 0.508 e. The predicted octanol–water partition coefficient (Wildman–Crippen LogP) is 4.60. The number of phenols is 1. The summed E-state index contributed by atoms with van der Waals surface area (Å²) in [6.45, 7) is 1.88. The highest BCUT2D eigenvalue weighted by molar-refractivity contribution is 5.94. The highest BCUT2D eigenvalue weighted by Gasteiger charge is 2.19. The summed E-state index contributed by atoms with van der Waals surface area (Å²) < 4.78 is 5.88. The van der Waals surface area contributed by atoms with E-state index in [4.69, 9.17) is 4.42 Å². The Balaban J connectivity index is 1.65. The van der Waals surface area contributed by atoms with E-state index in [1.54, 1.807) is 30.6 Å². The number of pyridine rings is 1. The van der Waals surface area contributed by atoms with Crippen molar-refractivity contribution in [3.8, 4) is 28.5 Å². The van der Waals surface area contributed by atoms with Crippen molar-refractivity contribution < 1.29 is 14.3 Å². The molecule has 0 saturated heterocycles. The Labute approximate surface area is 167 Å². The third-order valence-electron chi connectivity index (χ3n) is 4.43. The summed E-state index contributed by atoms with van der Waals surface area (Å²) in [4.78, 5) is 21.3. The molecule has 2 aromatic carbocycles. The van der Waals surface area contributed by atoms with Gasteiger partial charge in [-0.1, -0.05) is 30.3 Å². The van der Waals surface area contributed by atoms with E-state index in [1.165, 1.54) is 0 Å². The van der Waals surface area contributed by atoms with Crippen molar-refractivity contribution in [2.45, 2.75) is 13.3 Å². The number of oxazole rings is 1. The van der Waals surface area contributed by atoms with Gasteiger partial charge in [-0.2, -0.15) is 0 Å². The summed E-state index contributed by atoms with van der Waals surface area (Å²) >= 11 is 0. The SMILES string of the molecule is Cc1ccc(CC(=O)Nc2oc(-c3ccccc3)nc2-c2cccnc2)c(O)c1. The quantitative estimate of drug-likeness (QED) is 0.524. The molecule has 6 nitrogen and oxygen atoms in total. The molecular formula is C23H19N3O3. The maximum atomic E-state index is 12.6. The number of nitrogens with one attached hydrogen (secondary N) is 1. The molecular weight excluding hydrogens is 366 g/mol. The van der Waals surface area contributed by atoms with Gasteiger partial charge in [0, 0.05) is 29.1 Å².